The van der Waals surface area contributed by atoms with E-state index in [-0.39, 0.29) is 5.91 Å². The lowest BCUT2D eigenvalue weighted by atomic mass is 10.2. The lowest BCUT2D eigenvalue weighted by molar-refractivity contribution is -0.116. The van der Waals surface area contributed by atoms with Crippen LogP contribution in [0.4, 0.5) is 5.69 Å². The van der Waals surface area contributed by atoms with E-state index in [1.165, 1.54) is 11.1 Å². The Kier molecular flexibility index (Phi) is 6.74. The first-order valence-corrected chi connectivity index (χ1v) is 10.1. The maximum absolute atomic E-state index is 11.6. The first-order chi connectivity index (χ1) is 13.1. The summed E-state index contributed by atoms with van der Waals surface area (Å²) in [5.74, 6) is 0.0660. The number of aromatic nitrogens is 1. The van der Waals surface area contributed by atoms with Gasteiger partial charge in [0.2, 0.25) is 5.91 Å². The topological polar surface area (TPSA) is 54.0 Å². The summed E-state index contributed by atoms with van der Waals surface area (Å²) in [5.41, 5.74) is 5.50. The van der Waals surface area contributed by atoms with Gasteiger partial charge < -0.3 is 10.6 Å². The molecule has 0 radical (unpaired) electrons. The van der Waals surface area contributed by atoms with Crippen molar-refractivity contribution in [3.8, 4) is 10.6 Å². The third kappa shape index (κ3) is 5.74. The van der Waals surface area contributed by atoms with Crippen LogP contribution in [-0.4, -0.2) is 10.9 Å². The van der Waals surface area contributed by atoms with Gasteiger partial charge in [-0.2, -0.15) is 0 Å². The van der Waals surface area contributed by atoms with Crippen molar-refractivity contribution in [2.24, 2.45) is 0 Å². The number of carbonyl (C=O) groups is 1. The van der Waals surface area contributed by atoms with Gasteiger partial charge in [0.1, 0.15) is 5.01 Å². The number of amides is 1. The van der Waals surface area contributed by atoms with Gasteiger partial charge in [-0.25, -0.2) is 4.98 Å². The first kappa shape index (κ1) is 19.3. The molecule has 1 heterocycles. The number of hydrogen-bond donors (Lipinski definition) is 2. The third-order valence-corrected chi connectivity index (χ3v) is 5.14. The number of anilines is 1. The summed E-state index contributed by atoms with van der Waals surface area (Å²) in [5, 5.41) is 9.50. The number of carbonyl (C=O) groups excluding carboxylic acids is 1. The van der Waals surface area contributed by atoms with Crippen LogP contribution in [0.1, 0.15) is 36.6 Å². The fraction of sp³-hybridized carbons (Fsp3) is 0.273. The third-order valence-electron chi connectivity index (χ3n) is 4.20. The molecule has 0 spiro atoms. The number of hydrogen-bond acceptors (Lipinski definition) is 4. The van der Waals surface area contributed by atoms with Crippen LogP contribution in [0.5, 0.6) is 0 Å². The van der Waals surface area contributed by atoms with Crippen molar-refractivity contribution < 1.29 is 4.79 Å². The zero-order chi connectivity index (χ0) is 19.1. The van der Waals surface area contributed by atoms with Crippen molar-refractivity contribution in [3.63, 3.8) is 0 Å². The second-order valence-electron chi connectivity index (χ2n) is 6.61. The normalized spacial score (nSPS) is 10.7. The molecular formula is C22H25N3OS. The number of rotatable bonds is 8. The molecule has 2 N–H and O–H groups in total. The van der Waals surface area contributed by atoms with Gasteiger partial charge in [-0.15, -0.1) is 11.3 Å². The van der Waals surface area contributed by atoms with Crippen molar-refractivity contribution in [3.05, 3.63) is 70.7 Å². The standard InChI is InChI=1S/C22H25N3OS/c1-3-4-21(26)24-19-11-7-17(8-12-19)13-23-14-20-15-27-22(25-20)18-9-5-16(2)6-10-18/h5-12,15,23H,3-4,13-14H2,1-2H3,(H,24,26). The smallest absolute Gasteiger partial charge is 0.224 e. The Morgan fingerprint density at radius 2 is 1.78 bits per heavy atom. The van der Waals surface area contributed by atoms with Gasteiger partial charge in [-0.05, 0) is 31.0 Å². The monoisotopic (exact) mass is 379 g/mol. The molecule has 140 valence electrons. The number of nitrogens with zero attached hydrogens (tertiary/aromatic N) is 1. The van der Waals surface area contributed by atoms with Gasteiger partial charge in [-0.3, -0.25) is 4.79 Å². The Hall–Kier alpha value is -2.50. The van der Waals surface area contributed by atoms with E-state index in [4.69, 9.17) is 4.98 Å². The molecule has 0 unspecified atom stereocenters. The molecule has 3 aromatic rings. The van der Waals surface area contributed by atoms with Gasteiger partial charge in [0.25, 0.3) is 0 Å². The molecule has 0 saturated heterocycles. The molecular weight excluding hydrogens is 354 g/mol. The summed E-state index contributed by atoms with van der Waals surface area (Å²) < 4.78 is 0. The van der Waals surface area contributed by atoms with E-state index in [1.54, 1.807) is 11.3 Å². The quantitative estimate of drug-likeness (QED) is 0.569. The van der Waals surface area contributed by atoms with Gasteiger partial charge in [-0.1, -0.05) is 48.9 Å². The van der Waals surface area contributed by atoms with Crippen LogP contribution < -0.4 is 10.6 Å². The maximum Gasteiger partial charge on any atom is 0.224 e. The van der Waals surface area contributed by atoms with E-state index >= 15 is 0 Å². The van der Waals surface area contributed by atoms with Crippen LogP contribution >= 0.6 is 11.3 Å². The molecule has 5 heteroatoms. The molecule has 27 heavy (non-hydrogen) atoms. The molecule has 0 atom stereocenters. The van der Waals surface area contributed by atoms with Crippen molar-refractivity contribution in [2.75, 3.05) is 5.32 Å². The molecule has 2 aromatic carbocycles. The highest BCUT2D eigenvalue weighted by atomic mass is 32.1. The van der Waals surface area contributed by atoms with E-state index in [1.807, 2.05) is 31.2 Å². The minimum absolute atomic E-state index is 0.0660. The summed E-state index contributed by atoms with van der Waals surface area (Å²) >= 11 is 1.67. The Balaban J connectivity index is 1.48. The molecule has 0 aliphatic carbocycles. The van der Waals surface area contributed by atoms with Gasteiger partial charge in [0, 0.05) is 36.1 Å². The minimum atomic E-state index is 0.0660. The van der Waals surface area contributed by atoms with Gasteiger partial charge >= 0.3 is 0 Å². The predicted molar refractivity (Wildman–Crippen MR) is 113 cm³/mol. The molecule has 1 amide bonds. The first-order valence-electron chi connectivity index (χ1n) is 9.25. The number of thiazole rings is 1. The Morgan fingerprint density at radius 3 is 2.48 bits per heavy atom. The number of nitrogens with one attached hydrogen (secondary N) is 2. The fourth-order valence-electron chi connectivity index (χ4n) is 2.71. The lowest BCUT2D eigenvalue weighted by Crippen LogP contribution is -2.13. The van der Waals surface area contributed by atoms with Crippen LogP contribution in [0.15, 0.2) is 53.9 Å². The van der Waals surface area contributed by atoms with Crippen LogP contribution in [0.2, 0.25) is 0 Å². The molecule has 1 aromatic heterocycles. The number of aryl methyl sites for hydroxylation is 1. The maximum atomic E-state index is 11.6. The van der Waals surface area contributed by atoms with E-state index in [9.17, 15) is 4.79 Å². The Morgan fingerprint density at radius 1 is 1.04 bits per heavy atom. The summed E-state index contributed by atoms with van der Waals surface area (Å²) in [4.78, 5) is 16.3. The highest BCUT2D eigenvalue weighted by Crippen LogP contribution is 2.24. The van der Waals surface area contributed by atoms with Crippen molar-refractivity contribution in [2.45, 2.75) is 39.8 Å². The molecule has 0 saturated carbocycles. The largest absolute Gasteiger partial charge is 0.326 e. The summed E-state index contributed by atoms with van der Waals surface area (Å²) in [6.07, 6.45) is 1.41. The van der Waals surface area contributed by atoms with Crippen LogP contribution in [0, 0.1) is 6.92 Å². The number of benzene rings is 2. The average Bonchev–Trinajstić information content (AvgIpc) is 3.13. The van der Waals surface area contributed by atoms with E-state index in [0.29, 0.717) is 6.42 Å². The predicted octanol–water partition coefficient (Wildman–Crippen LogP) is 5.15. The lowest BCUT2D eigenvalue weighted by Gasteiger charge is -2.07. The summed E-state index contributed by atoms with van der Waals surface area (Å²) in [7, 11) is 0. The molecule has 4 nitrogen and oxygen atoms in total. The SMILES string of the molecule is CCCC(=O)Nc1ccc(CNCc2csc(-c3ccc(C)cc3)n2)cc1. The van der Waals surface area contributed by atoms with Crippen molar-refractivity contribution >= 4 is 22.9 Å². The Labute approximate surface area is 164 Å². The summed E-state index contributed by atoms with van der Waals surface area (Å²) in [6, 6.07) is 16.4. The van der Waals surface area contributed by atoms with E-state index < -0.39 is 0 Å². The zero-order valence-electron chi connectivity index (χ0n) is 15.8. The Bertz CT molecular complexity index is 869. The van der Waals surface area contributed by atoms with Crippen molar-refractivity contribution in [1.82, 2.24) is 10.3 Å². The van der Waals surface area contributed by atoms with Crippen molar-refractivity contribution in [1.29, 1.82) is 0 Å². The van der Waals surface area contributed by atoms with Gasteiger partial charge in [0.05, 0.1) is 5.69 Å². The minimum Gasteiger partial charge on any atom is -0.326 e. The highest BCUT2D eigenvalue weighted by Gasteiger charge is 2.05. The van der Waals surface area contributed by atoms with Crippen LogP contribution in [0.3, 0.4) is 0 Å². The van der Waals surface area contributed by atoms with Gasteiger partial charge in [0.15, 0.2) is 0 Å². The second-order valence-corrected chi connectivity index (χ2v) is 7.47. The highest BCUT2D eigenvalue weighted by molar-refractivity contribution is 7.13. The van der Waals surface area contributed by atoms with Crippen LogP contribution in [0.25, 0.3) is 10.6 Å². The molecule has 0 aliphatic rings. The van der Waals surface area contributed by atoms with E-state index in [0.717, 1.165) is 41.5 Å². The molecule has 0 fully saturated rings. The van der Waals surface area contributed by atoms with E-state index in [2.05, 4.69) is 47.2 Å². The fourth-order valence-corrected chi connectivity index (χ4v) is 3.53. The molecule has 3 rings (SSSR count). The average molecular weight is 380 g/mol. The zero-order valence-corrected chi connectivity index (χ0v) is 16.6. The summed E-state index contributed by atoms with van der Waals surface area (Å²) in [6.45, 7) is 5.59. The second kappa shape index (κ2) is 9.44. The van der Waals surface area contributed by atoms with Crippen LogP contribution in [-0.2, 0) is 17.9 Å². The molecule has 0 aliphatic heterocycles. The molecule has 0 bridgehead atoms.